The van der Waals surface area contributed by atoms with Gasteiger partial charge in [-0.3, -0.25) is 19.5 Å². The molecule has 2 aliphatic heterocycles. The van der Waals surface area contributed by atoms with Crippen LogP contribution in [-0.2, 0) is 16.0 Å². The minimum Gasteiger partial charge on any atom is -0.312 e. The lowest BCUT2D eigenvalue weighted by molar-refractivity contribution is -0.118. The number of nitrogens with zero attached hydrogens (tertiary/aromatic N) is 4. The number of thioether (sulfide) groups is 1. The first-order valence-corrected chi connectivity index (χ1v) is 11.8. The predicted octanol–water partition coefficient (Wildman–Crippen LogP) is 4.54. The van der Waals surface area contributed by atoms with Crippen LogP contribution in [0.1, 0.15) is 17.5 Å². The van der Waals surface area contributed by atoms with E-state index in [0.29, 0.717) is 23.0 Å². The number of benzene rings is 2. The Morgan fingerprint density at radius 2 is 1.85 bits per heavy atom. The molecular formula is C26H22N4O2S. The molecule has 164 valence electrons. The van der Waals surface area contributed by atoms with Crippen LogP contribution >= 0.6 is 11.8 Å². The number of hydrogen-bond acceptors (Lipinski definition) is 5. The average molecular weight is 455 g/mol. The molecule has 2 amide bonds. The van der Waals surface area contributed by atoms with E-state index in [0.717, 1.165) is 29.9 Å². The van der Waals surface area contributed by atoms with Gasteiger partial charge in [0.2, 0.25) is 5.91 Å². The number of rotatable bonds is 5. The van der Waals surface area contributed by atoms with Crippen molar-refractivity contribution in [2.24, 2.45) is 4.99 Å². The third kappa shape index (κ3) is 4.45. The number of anilines is 2. The highest BCUT2D eigenvalue weighted by atomic mass is 32.2. The van der Waals surface area contributed by atoms with Gasteiger partial charge in [0.15, 0.2) is 5.17 Å². The second-order valence-corrected chi connectivity index (χ2v) is 8.77. The van der Waals surface area contributed by atoms with E-state index in [-0.39, 0.29) is 11.8 Å². The van der Waals surface area contributed by atoms with Gasteiger partial charge in [0.25, 0.3) is 5.91 Å². The molecule has 0 unspecified atom stereocenters. The zero-order valence-corrected chi connectivity index (χ0v) is 18.7. The topological polar surface area (TPSA) is 65.9 Å². The van der Waals surface area contributed by atoms with Gasteiger partial charge in [-0.15, -0.1) is 0 Å². The molecule has 3 aromatic rings. The van der Waals surface area contributed by atoms with Crippen LogP contribution in [0.4, 0.5) is 11.4 Å². The Morgan fingerprint density at radius 1 is 1.03 bits per heavy atom. The van der Waals surface area contributed by atoms with E-state index in [4.69, 9.17) is 0 Å². The summed E-state index contributed by atoms with van der Waals surface area (Å²) in [7, 11) is 0. The monoisotopic (exact) mass is 454 g/mol. The third-order valence-electron chi connectivity index (χ3n) is 5.57. The molecule has 0 N–H and O–H groups in total. The number of pyridine rings is 1. The second kappa shape index (κ2) is 9.42. The number of hydrogen-bond donors (Lipinski definition) is 0. The van der Waals surface area contributed by atoms with Crippen molar-refractivity contribution in [3.05, 3.63) is 95.9 Å². The molecule has 0 spiro atoms. The summed E-state index contributed by atoms with van der Waals surface area (Å²) in [6.07, 6.45) is 6.39. The van der Waals surface area contributed by atoms with Gasteiger partial charge in [-0.1, -0.05) is 54.2 Å². The maximum absolute atomic E-state index is 13.2. The van der Waals surface area contributed by atoms with Crippen molar-refractivity contribution in [1.29, 1.82) is 0 Å². The highest BCUT2D eigenvalue weighted by molar-refractivity contribution is 8.14. The number of aromatic nitrogens is 1. The van der Waals surface area contributed by atoms with Gasteiger partial charge in [-0.2, -0.15) is 0 Å². The van der Waals surface area contributed by atoms with Crippen LogP contribution in [0, 0.1) is 0 Å². The molecule has 33 heavy (non-hydrogen) atoms. The SMILES string of the molecule is O=C(CCSC1=N/C(=C/c2cccnc2)C(=O)N1c1ccccc1)N1CCc2ccccc21. The van der Waals surface area contributed by atoms with Gasteiger partial charge in [-0.05, 0) is 47.9 Å². The molecule has 6 nitrogen and oxygen atoms in total. The summed E-state index contributed by atoms with van der Waals surface area (Å²) < 4.78 is 0. The number of amidine groups is 1. The Balaban J connectivity index is 1.32. The Labute approximate surface area is 196 Å². The predicted molar refractivity (Wildman–Crippen MR) is 133 cm³/mol. The van der Waals surface area contributed by atoms with Gasteiger partial charge < -0.3 is 4.90 Å². The maximum atomic E-state index is 13.2. The summed E-state index contributed by atoms with van der Waals surface area (Å²) in [5.41, 5.74) is 4.14. The molecule has 1 aromatic heterocycles. The number of amides is 2. The summed E-state index contributed by atoms with van der Waals surface area (Å²) in [4.78, 5) is 38.3. The normalized spacial score (nSPS) is 16.3. The summed E-state index contributed by atoms with van der Waals surface area (Å²) >= 11 is 1.42. The lowest BCUT2D eigenvalue weighted by Gasteiger charge is -2.19. The van der Waals surface area contributed by atoms with Crippen LogP contribution in [0.2, 0.25) is 0 Å². The van der Waals surface area contributed by atoms with Crippen LogP contribution in [-0.4, -0.2) is 34.3 Å². The van der Waals surface area contributed by atoms with E-state index < -0.39 is 0 Å². The second-order valence-electron chi connectivity index (χ2n) is 7.71. The van der Waals surface area contributed by atoms with Crippen molar-refractivity contribution in [2.75, 3.05) is 22.1 Å². The van der Waals surface area contributed by atoms with E-state index in [2.05, 4.69) is 16.0 Å². The van der Waals surface area contributed by atoms with Crippen LogP contribution in [0.5, 0.6) is 0 Å². The van der Waals surface area contributed by atoms with Gasteiger partial charge in [-0.25, -0.2) is 4.99 Å². The standard InChI is InChI=1S/C26H22N4O2S/c31-24(29-15-12-20-8-4-5-11-23(20)29)13-16-33-26-28-22(17-19-7-6-14-27-18-19)25(32)30(26)21-9-2-1-3-10-21/h1-11,14,17-18H,12-13,15-16H2/b22-17+. The zero-order chi connectivity index (χ0) is 22.6. The fraction of sp³-hybridized carbons (Fsp3) is 0.154. The number of aliphatic imine (C=N–C) groups is 1. The van der Waals surface area contributed by atoms with E-state index in [9.17, 15) is 9.59 Å². The summed E-state index contributed by atoms with van der Waals surface area (Å²) in [5, 5.41) is 0.580. The Bertz CT molecular complexity index is 1240. The summed E-state index contributed by atoms with van der Waals surface area (Å²) in [6, 6.07) is 21.2. The molecule has 0 saturated carbocycles. The molecule has 0 bridgehead atoms. The lowest BCUT2D eigenvalue weighted by Crippen LogP contribution is -2.31. The van der Waals surface area contributed by atoms with Crippen molar-refractivity contribution < 1.29 is 9.59 Å². The minimum atomic E-state index is -0.188. The van der Waals surface area contributed by atoms with Crippen molar-refractivity contribution in [3.8, 4) is 0 Å². The van der Waals surface area contributed by atoms with Crippen molar-refractivity contribution in [3.63, 3.8) is 0 Å². The van der Waals surface area contributed by atoms with Gasteiger partial charge >= 0.3 is 0 Å². The van der Waals surface area contributed by atoms with E-state index in [1.165, 1.54) is 17.3 Å². The fourth-order valence-corrected chi connectivity index (χ4v) is 4.92. The van der Waals surface area contributed by atoms with Crippen LogP contribution in [0.15, 0.2) is 89.8 Å². The summed E-state index contributed by atoms with van der Waals surface area (Å²) in [5.74, 6) is 0.440. The Morgan fingerprint density at radius 3 is 2.67 bits per heavy atom. The lowest BCUT2D eigenvalue weighted by atomic mass is 10.2. The summed E-state index contributed by atoms with van der Waals surface area (Å²) in [6.45, 7) is 0.719. The molecule has 0 saturated heterocycles. The first kappa shape index (κ1) is 21.2. The highest BCUT2D eigenvalue weighted by Gasteiger charge is 2.32. The largest absolute Gasteiger partial charge is 0.312 e. The Kier molecular flexibility index (Phi) is 6.04. The molecule has 2 aromatic carbocycles. The molecule has 5 rings (SSSR count). The molecular weight excluding hydrogens is 432 g/mol. The van der Waals surface area contributed by atoms with Crippen LogP contribution < -0.4 is 9.80 Å². The maximum Gasteiger partial charge on any atom is 0.283 e. The van der Waals surface area contributed by atoms with E-state index in [1.54, 1.807) is 23.4 Å². The van der Waals surface area contributed by atoms with Crippen molar-refractivity contribution >= 4 is 46.2 Å². The molecule has 0 radical (unpaired) electrons. The zero-order valence-electron chi connectivity index (χ0n) is 17.9. The van der Waals surface area contributed by atoms with E-state index >= 15 is 0 Å². The molecule has 3 heterocycles. The number of para-hydroxylation sites is 2. The number of fused-ring (bicyclic) bond motifs is 1. The molecule has 0 aliphatic carbocycles. The quantitative estimate of drug-likeness (QED) is 0.531. The smallest absolute Gasteiger partial charge is 0.283 e. The first-order chi connectivity index (χ1) is 16.2. The molecule has 0 atom stereocenters. The van der Waals surface area contributed by atoms with Crippen LogP contribution in [0.3, 0.4) is 0 Å². The van der Waals surface area contributed by atoms with Gasteiger partial charge in [0.1, 0.15) is 5.70 Å². The van der Waals surface area contributed by atoms with Crippen molar-refractivity contribution in [1.82, 2.24) is 4.98 Å². The molecule has 2 aliphatic rings. The number of carbonyl (C=O) groups excluding carboxylic acids is 2. The average Bonchev–Trinajstić information content (AvgIpc) is 3.41. The molecule has 0 fully saturated rings. The third-order valence-corrected chi connectivity index (χ3v) is 6.51. The van der Waals surface area contributed by atoms with E-state index in [1.807, 2.05) is 65.6 Å². The highest BCUT2D eigenvalue weighted by Crippen LogP contribution is 2.31. The van der Waals surface area contributed by atoms with Crippen molar-refractivity contribution in [2.45, 2.75) is 12.8 Å². The van der Waals surface area contributed by atoms with Gasteiger partial charge in [0.05, 0.1) is 5.69 Å². The molecule has 7 heteroatoms. The van der Waals surface area contributed by atoms with Crippen LogP contribution in [0.25, 0.3) is 6.08 Å². The first-order valence-electron chi connectivity index (χ1n) is 10.8. The Hall–Kier alpha value is -3.71. The fourth-order valence-electron chi connectivity index (χ4n) is 3.98. The van der Waals surface area contributed by atoms with Gasteiger partial charge in [0, 0.05) is 36.8 Å². The number of carbonyl (C=O) groups is 2. The minimum absolute atomic E-state index is 0.0924.